The van der Waals surface area contributed by atoms with Crippen LogP contribution in [0.15, 0.2) is 60.7 Å². The quantitative estimate of drug-likeness (QED) is 0.791. The van der Waals surface area contributed by atoms with Crippen LogP contribution < -0.4 is 0 Å². The van der Waals surface area contributed by atoms with Gasteiger partial charge in [-0.05, 0) is 17.5 Å². The number of fused-ring (bicyclic) bond motifs is 1. The van der Waals surface area contributed by atoms with Gasteiger partial charge in [0.1, 0.15) is 17.5 Å². The largest absolute Gasteiger partial charge is 0.459 e. The molecule has 0 bridgehead atoms. The van der Waals surface area contributed by atoms with Crippen molar-refractivity contribution in [3.63, 3.8) is 0 Å². The number of hydrogen-bond donors (Lipinski definition) is 0. The molecule has 0 saturated carbocycles. The molecule has 0 aromatic heterocycles. The fourth-order valence-corrected chi connectivity index (χ4v) is 5.28. The van der Waals surface area contributed by atoms with Gasteiger partial charge in [-0.1, -0.05) is 60.7 Å². The molecular weight excluding hydrogens is 334 g/mol. The van der Waals surface area contributed by atoms with Gasteiger partial charge in [0.2, 0.25) is 5.91 Å². The Morgan fingerprint density at radius 1 is 1.12 bits per heavy atom. The van der Waals surface area contributed by atoms with Gasteiger partial charge < -0.3 is 9.64 Å². The number of carbonyl (C=O) groups excluding carboxylic acids is 2. The monoisotopic (exact) mass is 353 g/mol. The van der Waals surface area contributed by atoms with Crippen LogP contribution >= 0.6 is 11.8 Å². The SMILES string of the molecule is O=C(OCc1ccccc1)C1CSC2(c3ccccc3)CCC(=O)N12. The van der Waals surface area contributed by atoms with Crippen LogP contribution in [-0.2, 0) is 25.8 Å². The molecule has 2 unspecified atom stereocenters. The number of thioether (sulfide) groups is 1. The maximum Gasteiger partial charge on any atom is 0.330 e. The maximum absolute atomic E-state index is 12.7. The minimum absolute atomic E-state index is 0.0375. The van der Waals surface area contributed by atoms with E-state index in [0.717, 1.165) is 17.5 Å². The molecule has 1 amide bonds. The van der Waals surface area contributed by atoms with Crippen LogP contribution in [0.4, 0.5) is 0 Å². The van der Waals surface area contributed by atoms with Crippen molar-refractivity contribution in [3.8, 4) is 0 Å². The molecule has 128 valence electrons. The second-order valence-corrected chi connectivity index (χ2v) is 7.63. The van der Waals surface area contributed by atoms with Crippen LogP contribution in [0.2, 0.25) is 0 Å². The summed E-state index contributed by atoms with van der Waals surface area (Å²) in [5, 5.41) is 0. The standard InChI is InChI=1S/C20H19NO3S/c22-18-11-12-20(16-9-5-2-6-10-16)21(18)17(14-25-20)19(23)24-13-15-7-3-1-4-8-15/h1-10,17H,11-14H2. The van der Waals surface area contributed by atoms with Crippen molar-refractivity contribution in [1.29, 1.82) is 0 Å². The number of ether oxygens (including phenoxy) is 1. The van der Waals surface area contributed by atoms with E-state index >= 15 is 0 Å². The number of benzene rings is 2. The van der Waals surface area contributed by atoms with E-state index in [2.05, 4.69) is 0 Å². The van der Waals surface area contributed by atoms with E-state index in [1.807, 2.05) is 60.7 Å². The Morgan fingerprint density at radius 2 is 1.80 bits per heavy atom. The zero-order valence-electron chi connectivity index (χ0n) is 13.8. The number of hydrogen-bond acceptors (Lipinski definition) is 4. The van der Waals surface area contributed by atoms with E-state index in [1.165, 1.54) is 0 Å². The molecule has 2 aromatic rings. The number of carbonyl (C=O) groups is 2. The third-order valence-electron chi connectivity index (χ3n) is 4.85. The molecule has 25 heavy (non-hydrogen) atoms. The Balaban J connectivity index is 1.54. The van der Waals surface area contributed by atoms with E-state index in [4.69, 9.17) is 4.74 Å². The Bertz CT molecular complexity index is 780. The van der Waals surface area contributed by atoms with Gasteiger partial charge in [0.05, 0.1) is 0 Å². The Labute approximate surface area is 151 Å². The molecule has 0 N–H and O–H groups in total. The van der Waals surface area contributed by atoms with Crippen LogP contribution in [-0.4, -0.2) is 28.6 Å². The number of nitrogens with zero attached hydrogens (tertiary/aromatic N) is 1. The Morgan fingerprint density at radius 3 is 2.52 bits per heavy atom. The van der Waals surface area contributed by atoms with Crippen molar-refractivity contribution < 1.29 is 14.3 Å². The molecule has 2 atom stereocenters. The van der Waals surface area contributed by atoms with E-state index in [-0.39, 0.29) is 18.5 Å². The molecule has 2 aliphatic rings. The van der Waals surface area contributed by atoms with Crippen LogP contribution in [0.25, 0.3) is 0 Å². The second kappa shape index (κ2) is 6.56. The van der Waals surface area contributed by atoms with Crippen molar-refractivity contribution in [2.45, 2.75) is 30.4 Å². The van der Waals surface area contributed by atoms with Gasteiger partial charge in [0.15, 0.2) is 0 Å². The van der Waals surface area contributed by atoms with E-state index < -0.39 is 10.9 Å². The van der Waals surface area contributed by atoms with Gasteiger partial charge in [-0.3, -0.25) is 4.79 Å². The highest BCUT2D eigenvalue weighted by Gasteiger charge is 2.57. The van der Waals surface area contributed by atoms with Crippen molar-refractivity contribution in [2.24, 2.45) is 0 Å². The summed E-state index contributed by atoms with van der Waals surface area (Å²) < 4.78 is 5.50. The predicted molar refractivity (Wildman–Crippen MR) is 96.7 cm³/mol. The summed E-state index contributed by atoms with van der Waals surface area (Å²) in [6.07, 6.45) is 1.22. The number of esters is 1. The average Bonchev–Trinajstić information content (AvgIpc) is 3.21. The van der Waals surface area contributed by atoms with Gasteiger partial charge >= 0.3 is 5.97 Å². The molecule has 2 fully saturated rings. The summed E-state index contributed by atoms with van der Waals surface area (Å²) in [7, 11) is 0. The predicted octanol–water partition coefficient (Wildman–Crippen LogP) is 3.32. The molecule has 2 saturated heterocycles. The Kier molecular flexibility index (Phi) is 4.25. The minimum atomic E-state index is -0.510. The first kappa shape index (κ1) is 16.2. The fraction of sp³-hybridized carbons (Fsp3) is 0.300. The van der Waals surface area contributed by atoms with Crippen LogP contribution in [0.5, 0.6) is 0 Å². The lowest BCUT2D eigenvalue weighted by molar-refractivity contribution is -0.155. The summed E-state index contributed by atoms with van der Waals surface area (Å²) in [5.74, 6) is 0.300. The van der Waals surface area contributed by atoms with Gasteiger partial charge in [0, 0.05) is 12.2 Å². The Hall–Kier alpha value is -2.27. The first-order chi connectivity index (χ1) is 12.2. The topological polar surface area (TPSA) is 46.6 Å². The first-order valence-electron chi connectivity index (χ1n) is 8.43. The highest BCUT2D eigenvalue weighted by Crippen LogP contribution is 2.54. The molecule has 0 radical (unpaired) electrons. The normalized spacial score (nSPS) is 25.0. The molecule has 4 nitrogen and oxygen atoms in total. The number of rotatable bonds is 4. The minimum Gasteiger partial charge on any atom is -0.459 e. The fourth-order valence-electron chi connectivity index (χ4n) is 3.64. The van der Waals surface area contributed by atoms with Gasteiger partial charge in [0.25, 0.3) is 0 Å². The zero-order chi connectivity index (χ0) is 17.3. The molecule has 2 heterocycles. The summed E-state index contributed by atoms with van der Waals surface area (Å²) >= 11 is 1.68. The van der Waals surface area contributed by atoms with Gasteiger partial charge in [-0.2, -0.15) is 0 Å². The molecule has 4 rings (SSSR count). The van der Waals surface area contributed by atoms with Gasteiger partial charge in [-0.25, -0.2) is 4.79 Å². The van der Waals surface area contributed by atoms with Gasteiger partial charge in [-0.15, -0.1) is 11.8 Å². The summed E-state index contributed by atoms with van der Waals surface area (Å²) in [6, 6.07) is 19.1. The van der Waals surface area contributed by atoms with E-state index in [9.17, 15) is 9.59 Å². The summed E-state index contributed by atoms with van der Waals surface area (Å²) in [5.41, 5.74) is 2.03. The van der Waals surface area contributed by atoms with Crippen molar-refractivity contribution in [2.75, 3.05) is 5.75 Å². The zero-order valence-corrected chi connectivity index (χ0v) is 14.6. The van der Waals surface area contributed by atoms with E-state index in [1.54, 1.807) is 16.7 Å². The molecule has 2 aliphatic heterocycles. The maximum atomic E-state index is 12.7. The highest BCUT2D eigenvalue weighted by atomic mass is 32.2. The van der Waals surface area contributed by atoms with Crippen LogP contribution in [0.3, 0.4) is 0 Å². The molecule has 2 aromatic carbocycles. The molecular formula is C20H19NO3S. The average molecular weight is 353 g/mol. The van der Waals surface area contributed by atoms with Crippen molar-refractivity contribution in [1.82, 2.24) is 4.90 Å². The first-order valence-corrected chi connectivity index (χ1v) is 9.41. The smallest absolute Gasteiger partial charge is 0.330 e. The molecule has 0 aliphatic carbocycles. The highest BCUT2D eigenvalue weighted by molar-refractivity contribution is 8.00. The summed E-state index contributed by atoms with van der Waals surface area (Å²) in [6.45, 7) is 0.237. The third kappa shape index (κ3) is 2.82. The second-order valence-electron chi connectivity index (χ2n) is 6.33. The lowest BCUT2D eigenvalue weighted by atomic mass is 10.0. The summed E-state index contributed by atoms with van der Waals surface area (Å²) in [4.78, 5) is 26.5. The lowest BCUT2D eigenvalue weighted by Crippen LogP contribution is -2.46. The van der Waals surface area contributed by atoms with E-state index in [0.29, 0.717) is 12.2 Å². The van der Waals surface area contributed by atoms with Crippen LogP contribution in [0.1, 0.15) is 24.0 Å². The number of amides is 1. The van der Waals surface area contributed by atoms with Crippen molar-refractivity contribution >= 4 is 23.6 Å². The molecule has 5 heteroatoms. The van der Waals surface area contributed by atoms with Crippen LogP contribution in [0, 0.1) is 0 Å². The van der Waals surface area contributed by atoms with Crippen molar-refractivity contribution in [3.05, 3.63) is 71.8 Å². The molecule has 0 spiro atoms. The third-order valence-corrected chi connectivity index (χ3v) is 6.44. The lowest BCUT2D eigenvalue weighted by Gasteiger charge is -2.33.